The molecule has 0 aromatic rings. The van der Waals surface area contributed by atoms with E-state index in [1.807, 2.05) is 13.8 Å². The minimum Gasteiger partial charge on any atom is -0.341 e. The minimum atomic E-state index is -0.256. The Morgan fingerprint density at radius 1 is 1.35 bits per heavy atom. The van der Waals surface area contributed by atoms with E-state index in [1.54, 1.807) is 9.80 Å². The van der Waals surface area contributed by atoms with Crippen molar-refractivity contribution in [1.82, 2.24) is 9.80 Å². The third-order valence-electron chi connectivity index (χ3n) is 3.29. The molecule has 2 N–H and O–H groups in total. The van der Waals surface area contributed by atoms with Crippen LogP contribution in [0.5, 0.6) is 0 Å². The molecule has 2 amide bonds. The van der Waals surface area contributed by atoms with Crippen LogP contribution in [0.4, 0.5) is 0 Å². The van der Waals surface area contributed by atoms with Crippen molar-refractivity contribution in [3.63, 3.8) is 0 Å². The topological polar surface area (TPSA) is 66.6 Å². The molecule has 0 aliphatic carbocycles. The predicted molar refractivity (Wildman–Crippen MR) is 66.3 cm³/mol. The van der Waals surface area contributed by atoms with Gasteiger partial charge in [0.25, 0.3) is 0 Å². The molecule has 1 saturated heterocycles. The van der Waals surface area contributed by atoms with Gasteiger partial charge in [-0.25, -0.2) is 0 Å². The molecule has 1 rings (SSSR count). The maximum absolute atomic E-state index is 12.2. The average Bonchev–Trinajstić information content (AvgIpc) is 2.79. The van der Waals surface area contributed by atoms with E-state index in [4.69, 9.17) is 5.73 Å². The Morgan fingerprint density at radius 2 is 2.00 bits per heavy atom. The van der Waals surface area contributed by atoms with E-state index in [1.165, 1.54) is 0 Å². The van der Waals surface area contributed by atoms with E-state index in [2.05, 4.69) is 0 Å². The van der Waals surface area contributed by atoms with Crippen molar-refractivity contribution in [3.05, 3.63) is 0 Å². The van der Waals surface area contributed by atoms with Gasteiger partial charge in [0.05, 0.1) is 0 Å². The number of nitrogens with two attached hydrogens (primary N) is 1. The van der Waals surface area contributed by atoms with Gasteiger partial charge in [-0.15, -0.1) is 0 Å². The fourth-order valence-electron chi connectivity index (χ4n) is 2.34. The van der Waals surface area contributed by atoms with Gasteiger partial charge in [0.1, 0.15) is 6.04 Å². The van der Waals surface area contributed by atoms with Crippen molar-refractivity contribution in [2.24, 2.45) is 5.73 Å². The van der Waals surface area contributed by atoms with E-state index in [-0.39, 0.29) is 17.9 Å². The first-order chi connectivity index (χ1) is 8.15. The maximum atomic E-state index is 12.2. The summed E-state index contributed by atoms with van der Waals surface area (Å²) in [7, 11) is 0. The van der Waals surface area contributed by atoms with Crippen molar-refractivity contribution in [2.45, 2.75) is 39.2 Å². The van der Waals surface area contributed by atoms with Crippen LogP contribution in [0.25, 0.3) is 0 Å². The van der Waals surface area contributed by atoms with Crippen LogP contribution in [-0.4, -0.2) is 53.8 Å². The molecule has 1 atom stereocenters. The van der Waals surface area contributed by atoms with Gasteiger partial charge in [-0.3, -0.25) is 9.59 Å². The smallest absolute Gasteiger partial charge is 0.245 e. The zero-order valence-corrected chi connectivity index (χ0v) is 10.8. The van der Waals surface area contributed by atoms with Gasteiger partial charge >= 0.3 is 0 Å². The fraction of sp³-hybridized carbons (Fsp3) is 0.833. The lowest BCUT2D eigenvalue weighted by molar-refractivity contribution is -0.143. The average molecular weight is 241 g/mol. The molecule has 0 saturated carbocycles. The van der Waals surface area contributed by atoms with Gasteiger partial charge in [-0.2, -0.15) is 0 Å². The van der Waals surface area contributed by atoms with Crippen LogP contribution < -0.4 is 5.73 Å². The van der Waals surface area contributed by atoms with E-state index >= 15 is 0 Å². The highest BCUT2D eigenvalue weighted by atomic mass is 16.2. The molecule has 17 heavy (non-hydrogen) atoms. The molecule has 5 nitrogen and oxygen atoms in total. The van der Waals surface area contributed by atoms with Gasteiger partial charge in [0.2, 0.25) is 11.8 Å². The molecular weight excluding hydrogens is 218 g/mol. The van der Waals surface area contributed by atoms with Crippen LogP contribution in [0.3, 0.4) is 0 Å². The zero-order chi connectivity index (χ0) is 12.8. The Balaban J connectivity index is 2.68. The zero-order valence-electron chi connectivity index (χ0n) is 10.8. The van der Waals surface area contributed by atoms with Crippen molar-refractivity contribution in [3.8, 4) is 0 Å². The van der Waals surface area contributed by atoms with Crippen LogP contribution >= 0.6 is 0 Å². The second-order valence-corrected chi connectivity index (χ2v) is 4.29. The predicted octanol–water partition coefficient (Wildman–Crippen LogP) is 0.195. The number of hydrogen-bond donors (Lipinski definition) is 1. The molecule has 1 aliphatic heterocycles. The quantitative estimate of drug-likeness (QED) is 0.747. The number of hydrogen-bond acceptors (Lipinski definition) is 3. The first kappa shape index (κ1) is 14.0. The Morgan fingerprint density at radius 3 is 2.53 bits per heavy atom. The van der Waals surface area contributed by atoms with Gasteiger partial charge in [0.15, 0.2) is 0 Å². The summed E-state index contributed by atoms with van der Waals surface area (Å²) in [6.45, 7) is 6.36. The summed E-state index contributed by atoms with van der Waals surface area (Å²) in [5.41, 5.74) is 5.39. The highest BCUT2D eigenvalue weighted by molar-refractivity contribution is 5.88. The molecule has 5 heteroatoms. The van der Waals surface area contributed by atoms with Gasteiger partial charge < -0.3 is 15.5 Å². The summed E-state index contributed by atoms with van der Waals surface area (Å²) in [5.74, 6) is 0.0911. The maximum Gasteiger partial charge on any atom is 0.245 e. The molecule has 1 fully saturated rings. The molecule has 1 aliphatic rings. The van der Waals surface area contributed by atoms with Gasteiger partial charge in [-0.05, 0) is 26.7 Å². The van der Waals surface area contributed by atoms with E-state index in [0.717, 1.165) is 12.8 Å². The number of nitrogens with zero attached hydrogens (tertiary/aromatic N) is 2. The molecular formula is C12H23N3O2. The molecule has 1 unspecified atom stereocenters. The lowest BCUT2D eigenvalue weighted by Crippen LogP contribution is -2.48. The molecule has 0 aromatic carbocycles. The van der Waals surface area contributed by atoms with Crippen molar-refractivity contribution in [1.29, 1.82) is 0 Å². The lowest BCUT2D eigenvalue weighted by Gasteiger charge is -2.29. The van der Waals surface area contributed by atoms with Gasteiger partial charge in [-0.1, -0.05) is 0 Å². The van der Waals surface area contributed by atoms with Crippen molar-refractivity contribution >= 4 is 11.8 Å². The summed E-state index contributed by atoms with van der Waals surface area (Å²) in [6.07, 6.45) is 2.03. The third kappa shape index (κ3) is 3.19. The summed E-state index contributed by atoms with van der Waals surface area (Å²) in [5, 5.41) is 0. The van der Waals surface area contributed by atoms with Crippen molar-refractivity contribution in [2.75, 3.05) is 26.2 Å². The molecule has 98 valence electrons. The number of likely N-dealkylation sites (N-methyl/N-ethyl adjacent to an activating group) is 1. The molecule has 0 spiro atoms. The fourth-order valence-corrected chi connectivity index (χ4v) is 2.34. The second-order valence-electron chi connectivity index (χ2n) is 4.29. The minimum absolute atomic E-state index is 0.00973. The number of amides is 2. The van der Waals surface area contributed by atoms with Crippen LogP contribution in [-0.2, 0) is 9.59 Å². The summed E-state index contributed by atoms with van der Waals surface area (Å²) >= 11 is 0. The van der Waals surface area contributed by atoms with Crippen LogP contribution in [0, 0.1) is 0 Å². The Labute approximate surface area is 103 Å². The Hall–Kier alpha value is -1.10. The number of likely N-dealkylation sites (tertiary alicyclic amines) is 1. The highest BCUT2D eigenvalue weighted by Crippen LogP contribution is 2.20. The van der Waals surface area contributed by atoms with E-state index in [0.29, 0.717) is 32.6 Å². The molecule has 0 radical (unpaired) electrons. The molecule has 0 bridgehead atoms. The lowest BCUT2D eigenvalue weighted by atomic mass is 10.2. The van der Waals surface area contributed by atoms with Crippen LogP contribution in [0.2, 0.25) is 0 Å². The molecule has 0 aromatic heterocycles. The van der Waals surface area contributed by atoms with Crippen molar-refractivity contribution < 1.29 is 9.59 Å². The first-order valence-electron chi connectivity index (χ1n) is 6.44. The van der Waals surface area contributed by atoms with Crippen LogP contribution in [0.15, 0.2) is 0 Å². The monoisotopic (exact) mass is 241 g/mol. The van der Waals surface area contributed by atoms with Crippen LogP contribution in [0.1, 0.15) is 33.1 Å². The SMILES string of the molecule is CCN(CC)C(=O)C1CCCN1C(=O)CCN. The largest absolute Gasteiger partial charge is 0.341 e. The normalized spacial score (nSPS) is 19.5. The summed E-state index contributed by atoms with van der Waals surface area (Å²) in [4.78, 5) is 27.6. The number of carbonyl (C=O) groups excluding carboxylic acids is 2. The summed E-state index contributed by atoms with van der Waals surface area (Å²) in [6, 6.07) is -0.256. The number of rotatable bonds is 5. The Kier molecular flexibility index (Phi) is 5.41. The summed E-state index contributed by atoms with van der Waals surface area (Å²) < 4.78 is 0. The molecule has 1 heterocycles. The van der Waals surface area contributed by atoms with E-state index in [9.17, 15) is 9.59 Å². The first-order valence-corrected chi connectivity index (χ1v) is 6.44. The second kappa shape index (κ2) is 6.59. The highest BCUT2D eigenvalue weighted by Gasteiger charge is 2.35. The standard InChI is InChI=1S/C12H23N3O2/c1-3-14(4-2)12(17)10-6-5-9-15(10)11(16)7-8-13/h10H,3-9,13H2,1-2H3. The van der Waals surface area contributed by atoms with E-state index < -0.39 is 0 Å². The van der Waals surface area contributed by atoms with Gasteiger partial charge in [0, 0.05) is 32.6 Å². The number of carbonyl (C=O) groups is 2. The third-order valence-corrected chi connectivity index (χ3v) is 3.29. The Bertz CT molecular complexity index is 277.